The summed E-state index contributed by atoms with van der Waals surface area (Å²) in [4.78, 5) is 38.4. The molecule has 2 amide bonds. The number of hydrogen-bond donors (Lipinski definition) is 1. The van der Waals surface area contributed by atoms with Crippen molar-refractivity contribution in [1.82, 2.24) is 0 Å². The largest absolute Gasteiger partial charge is 0.482 e. The van der Waals surface area contributed by atoms with Crippen molar-refractivity contribution in [3.05, 3.63) is 88.2 Å². The highest BCUT2D eigenvalue weighted by atomic mass is 35.5. The van der Waals surface area contributed by atoms with E-state index in [2.05, 4.69) is 5.32 Å². The molecule has 1 N–H and O–H groups in total. The molecule has 33 heavy (non-hydrogen) atoms. The first-order chi connectivity index (χ1) is 16.0. The van der Waals surface area contributed by atoms with Gasteiger partial charge in [0.2, 0.25) is 5.91 Å². The standard InChI is InChI=1S/C25H17ClN2O5/c26-18-10-17-16(15-6-2-1-3-7-15)11-25(31)33-21(17)12-22(18)32-14-24(30)28-13-23(29)27-19-8-4-5-9-20(19)28/h1-12H,13-14H2,(H,27,29). The molecule has 1 aromatic heterocycles. The summed E-state index contributed by atoms with van der Waals surface area (Å²) in [7, 11) is 0. The summed E-state index contributed by atoms with van der Waals surface area (Å²) in [6, 6.07) is 21.0. The molecule has 1 aliphatic heterocycles. The lowest BCUT2D eigenvalue weighted by molar-refractivity contribution is -0.123. The fraction of sp³-hybridized carbons (Fsp3) is 0.0800. The topological polar surface area (TPSA) is 88.8 Å². The van der Waals surface area contributed by atoms with Crippen LogP contribution >= 0.6 is 11.6 Å². The van der Waals surface area contributed by atoms with Crippen LogP contribution in [0.2, 0.25) is 5.02 Å². The molecular formula is C25H17ClN2O5. The molecule has 0 spiro atoms. The Morgan fingerprint density at radius 1 is 1.03 bits per heavy atom. The summed E-state index contributed by atoms with van der Waals surface area (Å²) < 4.78 is 11.0. The van der Waals surface area contributed by atoms with Crippen LogP contribution in [0.3, 0.4) is 0 Å². The monoisotopic (exact) mass is 460 g/mol. The lowest BCUT2D eigenvalue weighted by Crippen LogP contribution is -2.44. The molecule has 0 saturated heterocycles. The minimum atomic E-state index is -0.512. The van der Waals surface area contributed by atoms with E-state index in [0.29, 0.717) is 22.3 Å². The highest BCUT2D eigenvalue weighted by Gasteiger charge is 2.27. The number of ether oxygens (including phenoxy) is 1. The van der Waals surface area contributed by atoms with Crippen LogP contribution in [-0.2, 0) is 9.59 Å². The van der Waals surface area contributed by atoms with Gasteiger partial charge in [0.1, 0.15) is 17.9 Å². The van der Waals surface area contributed by atoms with E-state index < -0.39 is 11.5 Å². The highest BCUT2D eigenvalue weighted by molar-refractivity contribution is 6.33. The Morgan fingerprint density at radius 3 is 2.61 bits per heavy atom. The quantitative estimate of drug-likeness (QED) is 0.454. The fourth-order valence-electron chi connectivity index (χ4n) is 3.80. The Balaban J connectivity index is 1.43. The molecule has 0 saturated carbocycles. The number of carbonyl (C=O) groups excluding carboxylic acids is 2. The van der Waals surface area contributed by atoms with Crippen LogP contribution in [0.15, 0.2) is 82.0 Å². The first-order valence-corrected chi connectivity index (χ1v) is 10.5. The summed E-state index contributed by atoms with van der Waals surface area (Å²) >= 11 is 6.44. The molecule has 0 aliphatic carbocycles. The van der Waals surface area contributed by atoms with Gasteiger partial charge >= 0.3 is 5.63 Å². The van der Waals surface area contributed by atoms with Crippen molar-refractivity contribution in [1.29, 1.82) is 0 Å². The molecule has 0 bridgehead atoms. The molecule has 0 atom stereocenters. The van der Waals surface area contributed by atoms with Gasteiger partial charge in [0.05, 0.1) is 16.4 Å². The van der Waals surface area contributed by atoms with E-state index in [1.54, 1.807) is 30.3 Å². The normalized spacial score (nSPS) is 12.9. The number of para-hydroxylation sites is 2. The summed E-state index contributed by atoms with van der Waals surface area (Å²) in [6.45, 7) is -0.463. The van der Waals surface area contributed by atoms with Crippen molar-refractivity contribution in [2.24, 2.45) is 0 Å². The second-order valence-electron chi connectivity index (χ2n) is 7.46. The number of amides is 2. The van der Waals surface area contributed by atoms with Gasteiger partial charge in [-0.15, -0.1) is 0 Å². The van der Waals surface area contributed by atoms with Crippen LogP contribution in [0.25, 0.3) is 22.1 Å². The molecule has 4 aromatic rings. The van der Waals surface area contributed by atoms with Gasteiger partial charge in [-0.3, -0.25) is 14.5 Å². The minimum absolute atomic E-state index is 0.111. The van der Waals surface area contributed by atoms with Crippen LogP contribution < -0.4 is 20.6 Å². The predicted octanol–water partition coefficient (Wildman–Crippen LogP) is 4.48. The first-order valence-electron chi connectivity index (χ1n) is 10.1. The Hall–Kier alpha value is -4.10. The minimum Gasteiger partial charge on any atom is -0.482 e. The van der Waals surface area contributed by atoms with E-state index in [-0.39, 0.29) is 35.4 Å². The van der Waals surface area contributed by atoms with E-state index in [1.807, 2.05) is 30.3 Å². The van der Waals surface area contributed by atoms with Gasteiger partial charge in [0.25, 0.3) is 5.91 Å². The van der Waals surface area contributed by atoms with E-state index in [0.717, 1.165) is 5.56 Å². The van der Waals surface area contributed by atoms with Crippen LogP contribution in [0.5, 0.6) is 5.75 Å². The summed E-state index contributed by atoms with van der Waals surface area (Å²) in [5.41, 5.74) is 2.45. The Kier molecular flexibility index (Phi) is 5.32. The van der Waals surface area contributed by atoms with E-state index in [4.69, 9.17) is 20.8 Å². The number of hydrogen-bond acceptors (Lipinski definition) is 5. The number of halogens is 1. The SMILES string of the molecule is O=C1CN(C(=O)COc2cc3oc(=O)cc(-c4ccccc4)c3cc2Cl)c2ccccc2N1. The van der Waals surface area contributed by atoms with Gasteiger partial charge in [-0.2, -0.15) is 0 Å². The van der Waals surface area contributed by atoms with Gasteiger partial charge in [0, 0.05) is 17.5 Å². The van der Waals surface area contributed by atoms with E-state index >= 15 is 0 Å². The average Bonchev–Trinajstić information content (AvgIpc) is 2.82. The molecule has 7 nitrogen and oxygen atoms in total. The first kappa shape index (κ1) is 20.8. The average molecular weight is 461 g/mol. The summed E-state index contributed by atoms with van der Waals surface area (Å²) in [5, 5.41) is 3.64. The third-order valence-corrected chi connectivity index (χ3v) is 5.60. The predicted molar refractivity (Wildman–Crippen MR) is 126 cm³/mol. The number of rotatable bonds is 4. The second kappa shape index (κ2) is 8.44. The molecular weight excluding hydrogens is 444 g/mol. The molecule has 0 unspecified atom stereocenters. The van der Waals surface area contributed by atoms with Crippen molar-refractivity contribution in [3.63, 3.8) is 0 Å². The number of fused-ring (bicyclic) bond motifs is 2. The molecule has 164 valence electrons. The zero-order chi connectivity index (χ0) is 22.9. The van der Waals surface area contributed by atoms with Crippen molar-refractivity contribution < 1.29 is 18.7 Å². The Bertz CT molecular complexity index is 1450. The van der Waals surface area contributed by atoms with Crippen molar-refractivity contribution in [2.45, 2.75) is 0 Å². The number of nitrogens with zero attached hydrogens (tertiary/aromatic N) is 1. The number of nitrogens with one attached hydrogen (secondary N) is 1. The molecule has 8 heteroatoms. The highest BCUT2D eigenvalue weighted by Crippen LogP contribution is 2.35. The molecule has 0 fully saturated rings. The zero-order valence-corrected chi connectivity index (χ0v) is 18.0. The third kappa shape index (κ3) is 4.06. The second-order valence-corrected chi connectivity index (χ2v) is 7.87. The third-order valence-electron chi connectivity index (χ3n) is 5.30. The lowest BCUT2D eigenvalue weighted by Gasteiger charge is -2.29. The van der Waals surface area contributed by atoms with Crippen molar-refractivity contribution >= 4 is 45.8 Å². The maximum absolute atomic E-state index is 12.9. The number of anilines is 2. The van der Waals surface area contributed by atoms with Gasteiger partial charge < -0.3 is 14.5 Å². The maximum Gasteiger partial charge on any atom is 0.336 e. The van der Waals surface area contributed by atoms with E-state index in [9.17, 15) is 14.4 Å². The fourth-order valence-corrected chi connectivity index (χ4v) is 4.02. The smallest absolute Gasteiger partial charge is 0.336 e. The van der Waals surface area contributed by atoms with Gasteiger partial charge in [-0.05, 0) is 29.3 Å². The molecule has 3 aromatic carbocycles. The van der Waals surface area contributed by atoms with Crippen LogP contribution in [0.1, 0.15) is 0 Å². The van der Waals surface area contributed by atoms with E-state index in [1.165, 1.54) is 17.0 Å². The summed E-state index contributed by atoms with van der Waals surface area (Å²) in [5.74, 6) is -0.505. The van der Waals surface area contributed by atoms with Crippen LogP contribution in [0.4, 0.5) is 11.4 Å². The molecule has 2 heterocycles. The lowest BCUT2D eigenvalue weighted by atomic mass is 10.0. The van der Waals surface area contributed by atoms with Crippen molar-refractivity contribution in [2.75, 3.05) is 23.4 Å². The Labute approximate surface area is 193 Å². The summed E-state index contributed by atoms with van der Waals surface area (Å²) in [6.07, 6.45) is 0. The van der Waals surface area contributed by atoms with Gasteiger partial charge in [0.15, 0.2) is 6.61 Å². The molecule has 1 aliphatic rings. The zero-order valence-electron chi connectivity index (χ0n) is 17.2. The van der Waals surface area contributed by atoms with Crippen LogP contribution in [0, 0.1) is 0 Å². The van der Waals surface area contributed by atoms with Gasteiger partial charge in [-0.25, -0.2) is 4.79 Å². The number of benzene rings is 3. The van der Waals surface area contributed by atoms with Crippen molar-refractivity contribution in [3.8, 4) is 16.9 Å². The van der Waals surface area contributed by atoms with Gasteiger partial charge in [-0.1, -0.05) is 54.1 Å². The maximum atomic E-state index is 12.9. The molecule has 0 radical (unpaired) electrons. The molecule has 5 rings (SSSR count). The Morgan fingerprint density at radius 2 is 1.79 bits per heavy atom. The number of carbonyl (C=O) groups is 2. The van der Waals surface area contributed by atoms with Crippen LogP contribution in [-0.4, -0.2) is 25.0 Å².